The van der Waals surface area contributed by atoms with E-state index in [9.17, 15) is 0 Å². The molecule has 0 aromatic heterocycles. The molecular formula is C7H11AuClO5P. The van der Waals surface area contributed by atoms with Crippen LogP contribution in [-0.2, 0) is 21.1 Å². The first kappa shape index (κ1) is 17.7. The van der Waals surface area contributed by atoms with Gasteiger partial charge in [0.2, 0.25) is 0 Å². The minimum absolute atomic E-state index is 0. The zero-order chi connectivity index (χ0) is 11.2. The molecule has 15 heavy (non-hydrogen) atoms. The van der Waals surface area contributed by atoms with Crippen molar-refractivity contribution in [2.45, 2.75) is 0 Å². The first-order chi connectivity index (χ1) is 6.33. The molecule has 92 valence electrons. The predicted octanol–water partition coefficient (Wildman–Crippen LogP) is -3.20. The summed E-state index contributed by atoms with van der Waals surface area (Å²) in [5.74, 6) is 0.908. The average molecular weight is 439 g/mol. The van der Waals surface area contributed by atoms with Gasteiger partial charge in [0.1, 0.15) is 0 Å². The van der Waals surface area contributed by atoms with Crippen LogP contribution in [0, 0.1) is 10.2 Å². The molecule has 0 bridgehead atoms. The second-order valence-electron chi connectivity index (χ2n) is 2.01. The Hall–Kier alpha value is 0.320. The van der Waals surface area contributed by atoms with Crippen LogP contribution in [0.25, 0.3) is 0 Å². The third-order valence-corrected chi connectivity index (χ3v) is 1.75. The van der Waals surface area contributed by atoms with Crippen molar-refractivity contribution in [2.75, 3.05) is 7.11 Å². The fourth-order valence-corrected chi connectivity index (χ4v) is 0.919. The van der Waals surface area contributed by atoms with Crippen molar-refractivity contribution in [3.05, 3.63) is 24.3 Å². The number of methoxy groups -OCH3 is 1. The van der Waals surface area contributed by atoms with E-state index in [1.807, 2.05) is 24.3 Å². The van der Waals surface area contributed by atoms with Gasteiger partial charge in [0, 0.05) is 0 Å². The molecule has 0 aliphatic carbocycles. The van der Waals surface area contributed by atoms with Gasteiger partial charge in [0.05, 0.1) is 14.9 Å². The van der Waals surface area contributed by atoms with Gasteiger partial charge in [-0.1, -0.05) is 0 Å². The summed E-state index contributed by atoms with van der Waals surface area (Å²) in [4.78, 5) is 0. The third kappa shape index (κ3) is 14.3. The summed E-state index contributed by atoms with van der Waals surface area (Å²) in [7, 11) is -3.03. The quantitative estimate of drug-likeness (QED) is 0.368. The van der Waals surface area contributed by atoms with E-state index in [2.05, 4.69) is 21.1 Å². The first-order valence-corrected chi connectivity index (χ1v) is 5.56. The van der Waals surface area contributed by atoms with Crippen molar-refractivity contribution < 1.29 is 54.7 Å². The van der Waals surface area contributed by atoms with Crippen molar-refractivity contribution in [1.29, 1.82) is 0 Å². The largest absolute Gasteiger partial charge is 0.183 e. The van der Waals surface area contributed by atoms with Gasteiger partial charge >= 0.3 is 66.7 Å². The Bertz CT molecular complexity index is 257. The van der Waals surface area contributed by atoms with Crippen molar-refractivity contribution in [1.82, 2.24) is 0 Å². The smallest absolute Gasteiger partial charge is 0.0777 e. The van der Waals surface area contributed by atoms with Crippen molar-refractivity contribution in [2.24, 2.45) is 0 Å². The molecule has 0 radical (unpaired) electrons. The standard InChI is InChI=1S/C7H7O.Au.ClHO4.H3P/c1-8-7-5-3-2-4-6-7;;2-1(3,4)5;/h3-6H,1H3;;(H,2,3,4,5);1H3. The van der Waals surface area contributed by atoms with E-state index < -0.39 is 10.2 Å². The Kier molecular flexibility index (Phi) is 10.00. The molecule has 1 atom stereocenters. The molecule has 1 N–H and O–H groups in total. The second-order valence-corrected chi connectivity index (χ2v) is 4.05. The zero-order valence-electron chi connectivity index (χ0n) is 7.78. The Labute approximate surface area is 105 Å². The van der Waals surface area contributed by atoms with Crippen LogP contribution in [0.4, 0.5) is 0 Å². The Morgan fingerprint density at radius 1 is 1.20 bits per heavy atom. The summed E-state index contributed by atoms with van der Waals surface area (Å²) in [6.45, 7) is 0. The van der Waals surface area contributed by atoms with E-state index in [1.54, 1.807) is 7.11 Å². The number of benzene rings is 1. The van der Waals surface area contributed by atoms with Crippen LogP contribution in [0.2, 0.25) is 0 Å². The van der Waals surface area contributed by atoms with E-state index in [4.69, 9.17) is 23.4 Å². The van der Waals surface area contributed by atoms with E-state index in [-0.39, 0.29) is 9.90 Å². The molecule has 0 heterocycles. The van der Waals surface area contributed by atoms with Crippen molar-refractivity contribution >= 4 is 13.7 Å². The van der Waals surface area contributed by atoms with Gasteiger partial charge in [-0.3, -0.25) is 0 Å². The van der Waals surface area contributed by atoms with E-state index in [0.717, 1.165) is 5.75 Å². The molecule has 5 nitrogen and oxygen atoms in total. The number of hydrogen-bond donors (Lipinski definition) is 1. The number of hydrogen-bond acceptors (Lipinski definition) is 5. The zero-order valence-corrected chi connectivity index (χ0v) is 12.1. The maximum Gasteiger partial charge on any atom is 0.0777 e. The number of halogens is 1. The Balaban J connectivity index is 0. The van der Waals surface area contributed by atoms with Gasteiger partial charge in [-0.2, -0.15) is 23.9 Å². The monoisotopic (exact) mass is 438 g/mol. The summed E-state index contributed by atoms with van der Waals surface area (Å²) in [6, 6.07) is 7.88. The molecule has 8 heteroatoms. The predicted molar refractivity (Wildman–Crippen MR) is 46.0 cm³/mol. The van der Waals surface area contributed by atoms with E-state index in [0.29, 0.717) is 0 Å². The molecule has 0 fully saturated rings. The van der Waals surface area contributed by atoms with Crippen LogP contribution >= 0.6 is 9.90 Å². The van der Waals surface area contributed by atoms with Crippen molar-refractivity contribution in [3.8, 4) is 5.75 Å². The molecule has 0 saturated carbocycles. The van der Waals surface area contributed by atoms with Gasteiger partial charge in [0.25, 0.3) is 0 Å². The van der Waals surface area contributed by atoms with E-state index >= 15 is 0 Å². The molecule has 0 spiro atoms. The summed E-state index contributed by atoms with van der Waals surface area (Å²) < 4.78 is 38.9. The molecule has 0 amide bonds. The van der Waals surface area contributed by atoms with Crippen LogP contribution in [-0.4, -0.2) is 11.8 Å². The van der Waals surface area contributed by atoms with Crippen LogP contribution in [0.3, 0.4) is 0 Å². The van der Waals surface area contributed by atoms with Crippen LogP contribution in [0.1, 0.15) is 0 Å². The molecule has 1 aromatic carbocycles. The summed E-state index contributed by atoms with van der Waals surface area (Å²) in [6.07, 6.45) is 0. The van der Waals surface area contributed by atoms with Gasteiger partial charge in [-0.25, -0.2) is 0 Å². The summed E-state index contributed by atoms with van der Waals surface area (Å²) in [5.41, 5.74) is 0. The Morgan fingerprint density at radius 2 is 1.53 bits per heavy atom. The molecule has 1 rings (SSSR count). The topological polar surface area (TPSA) is 98.6 Å². The minimum Gasteiger partial charge on any atom is -0.183 e. The van der Waals surface area contributed by atoms with Gasteiger partial charge in [0.15, 0.2) is 0 Å². The molecule has 0 aliphatic heterocycles. The van der Waals surface area contributed by atoms with Gasteiger partial charge < -0.3 is 0 Å². The molecule has 0 aliphatic rings. The Morgan fingerprint density at radius 3 is 1.80 bits per heavy atom. The third-order valence-electron chi connectivity index (χ3n) is 1.02. The summed E-state index contributed by atoms with van der Waals surface area (Å²) >= 11 is 2.43. The molecular weight excluding hydrogens is 427 g/mol. The van der Waals surface area contributed by atoms with Crippen LogP contribution in [0.5, 0.6) is 5.75 Å². The van der Waals surface area contributed by atoms with Gasteiger partial charge in [-0.15, -0.1) is 0 Å². The van der Waals surface area contributed by atoms with E-state index in [1.165, 1.54) is 3.78 Å². The normalized spacial score (nSPS) is 9.53. The fraction of sp³-hybridized carbons (Fsp3) is 0.143. The van der Waals surface area contributed by atoms with Crippen molar-refractivity contribution in [3.63, 3.8) is 0 Å². The summed E-state index contributed by atoms with van der Waals surface area (Å²) in [5, 5.41) is 0. The SMILES string of the molecule is COc1cc[c]([Au])cc1.P.[O-][Cl+3]([O-])([O-])O. The second kappa shape index (κ2) is 8.47. The average Bonchev–Trinajstić information content (AvgIpc) is 2.03. The number of rotatable bonds is 1. The van der Waals surface area contributed by atoms with Crippen LogP contribution < -0.4 is 22.5 Å². The van der Waals surface area contributed by atoms with Gasteiger partial charge in [-0.05, 0) is 0 Å². The fourth-order valence-electron chi connectivity index (χ4n) is 0.558. The maximum absolute atomic E-state index is 8.60. The molecule has 1 unspecified atom stereocenters. The maximum atomic E-state index is 8.60. The number of ether oxygens (including phenoxy) is 1. The molecule has 0 saturated heterocycles. The van der Waals surface area contributed by atoms with Crippen LogP contribution in [0.15, 0.2) is 24.3 Å². The molecule has 1 aromatic rings. The first-order valence-electron chi connectivity index (χ1n) is 3.22. The minimum atomic E-state index is -4.69.